The van der Waals surface area contributed by atoms with Crippen LogP contribution in [-0.4, -0.2) is 19.1 Å². The molecule has 4 rings (SSSR count). The molecule has 3 aromatic rings. The molecule has 0 bridgehead atoms. The Morgan fingerprint density at radius 1 is 0.931 bits per heavy atom. The molecule has 0 atom stereocenters. The van der Waals surface area contributed by atoms with Gasteiger partial charge >= 0.3 is 6.61 Å². The first-order valence-corrected chi connectivity index (χ1v) is 9.29. The summed E-state index contributed by atoms with van der Waals surface area (Å²) in [6.07, 6.45) is 0.577. The number of nitrogens with one attached hydrogen (secondary N) is 1. The van der Waals surface area contributed by atoms with Crippen LogP contribution in [0.25, 0.3) is 0 Å². The highest BCUT2D eigenvalue weighted by Gasteiger charge is 2.32. The molecule has 0 spiro atoms. The number of hydrogen-bond donors (Lipinski definition) is 1. The molecule has 1 heterocycles. The van der Waals surface area contributed by atoms with Crippen LogP contribution in [0, 0.1) is 0 Å². The number of alkyl halides is 2. The summed E-state index contributed by atoms with van der Waals surface area (Å²) in [6, 6.07) is 21.5. The Morgan fingerprint density at radius 3 is 2.10 bits per heavy atom. The van der Waals surface area contributed by atoms with Crippen LogP contribution in [0.15, 0.2) is 72.8 Å². The SMILES string of the molecule is O=C(NCCc1ccc(OC(F)F)cc1)C1c2ccccc2Oc2ccccc21. The minimum absolute atomic E-state index is 0.106. The molecule has 6 heteroatoms. The number of fused-ring (bicyclic) bond motifs is 2. The summed E-state index contributed by atoms with van der Waals surface area (Å²) in [4.78, 5) is 13.0. The molecule has 0 radical (unpaired) electrons. The molecule has 0 saturated heterocycles. The van der Waals surface area contributed by atoms with E-state index in [-0.39, 0.29) is 11.7 Å². The average molecular weight is 395 g/mol. The molecule has 1 N–H and O–H groups in total. The van der Waals surface area contributed by atoms with Gasteiger partial charge in [0.25, 0.3) is 0 Å². The van der Waals surface area contributed by atoms with Crippen LogP contribution in [0.5, 0.6) is 17.2 Å². The lowest BCUT2D eigenvalue weighted by molar-refractivity contribution is -0.121. The van der Waals surface area contributed by atoms with Crippen LogP contribution in [0.1, 0.15) is 22.6 Å². The Hall–Kier alpha value is -3.41. The lowest BCUT2D eigenvalue weighted by atomic mass is 9.87. The number of hydrogen-bond acceptors (Lipinski definition) is 3. The van der Waals surface area contributed by atoms with E-state index in [0.29, 0.717) is 24.5 Å². The maximum Gasteiger partial charge on any atom is 0.387 e. The minimum atomic E-state index is -2.84. The van der Waals surface area contributed by atoms with E-state index < -0.39 is 12.5 Å². The summed E-state index contributed by atoms with van der Waals surface area (Å²) < 4.78 is 34.7. The topological polar surface area (TPSA) is 47.6 Å². The standard InChI is InChI=1S/C23H19F2NO3/c24-23(25)28-16-11-9-15(10-12-16)13-14-26-22(27)21-17-5-1-3-7-19(17)29-20-8-4-2-6-18(20)21/h1-12,21,23H,13-14H2,(H,26,27). The second-order valence-corrected chi connectivity index (χ2v) is 6.67. The van der Waals surface area contributed by atoms with Crippen LogP contribution in [0.2, 0.25) is 0 Å². The van der Waals surface area contributed by atoms with Crippen molar-refractivity contribution < 1.29 is 23.0 Å². The fourth-order valence-electron chi connectivity index (χ4n) is 3.46. The first-order valence-electron chi connectivity index (χ1n) is 9.29. The number of benzene rings is 3. The van der Waals surface area contributed by atoms with Crippen molar-refractivity contribution in [3.05, 3.63) is 89.5 Å². The first kappa shape index (κ1) is 18.9. The molecule has 0 saturated carbocycles. The molecular weight excluding hydrogens is 376 g/mol. The van der Waals surface area contributed by atoms with E-state index in [1.165, 1.54) is 12.1 Å². The van der Waals surface area contributed by atoms with Gasteiger partial charge in [0.1, 0.15) is 17.2 Å². The molecule has 29 heavy (non-hydrogen) atoms. The van der Waals surface area contributed by atoms with E-state index in [2.05, 4.69) is 10.1 Å². The van der Waals surface area contributed by atoms with Gasteiger partial charge in [0.15, 0.2) is 0 Å². The molecule has 1 amide bonds. The minimum Gasteiger partial charge on any atom is -0.457 e. The van der Waals surface area contributed by atoms with Gasteiger partial charge in [0.2, 0.25) is 5.91 Å². The second-order valence-electron chi connectivity index (χ2n) is 6.67. The van der Waals surface area contributed by atoms with Crippen molar-refractivity contribution in [3.8, 4) is 17.2 Å². The monoisotopic (exact) mass is 395 g/mol. The van der Waals surface area contributed by atoms with E-state index in [4.69, 9.17) is 4.74 Å². The molecule has 0 aromatic heterocycles. The van der Waals surface area contributed by atoms with Gasteiger partial charge in [-0.3, -0.25) is 4.79 Å². The van der Waals surface area contributed by atoms with Crippen molar-refractivity contribution in [2.45, 2.75) is 19.0 Å². The number of halogens is 2. The third-order valence-corrected chi connectivity index (χ3v) is 4.80. The number of carbonyl (C=O) groups is 1. The van der Waals surface area contributed by atoms with Crippen LogP contribution >= 0.6 is 0 Å². The first-order chi connectivity index (χ1) is 14.1. The van der Waals surface area contributed by atoms with Crippen molar-refractivity contribution in [1.29, 1.82) is 0 Å². The van der Waals surface area contributed by atoms with Gasteiger partial charge in [-0.05, 0) is 36.2 Å². The number of rotatable bonds is 6. The van der Waals surface area contributed by atoms with E-state index in [1.54, 1.807) is 12.1 Å². The Balaban J connectivity index is 1.44. The molecule has 0 fully saturated rings. The Kier molecular flexibility index (Phi) is 5.42. The Bertz CT molecular complexity index is 960. The van der Waals surface area contributed by atoms with E-state index in [1.807, 2.05) is 48.5 Å². The van der Waals surface area contributed by atoms with Crippen LogP contribution in [0.4, 0.5) is 8.78 Å². The van der Waals surface area contributed by atoms with Gasteiger partial charge in [-0.1, -0.05) is 48.5 Å². The largest absolute Gasteiger partial charge is 0.457 e. The lowest BCUT2D eigenvalue weighted by Crippen LogP contribution is -2.33. The lowest BCUT2D eigenvalue weighted by Gasteiger charge is -2.27. The summed E-state index contributed by atoms with van der Waals surface area (Å²) in [7, 11) is 0. The molecule has 148 valence electrons. The van der Waals surface area contributed by atoms with Gasteiger partial charge in [-0.2, -0.15) is 8.78 Å². The normalized spacial score (nSPS) is 12.7. The fourth-order valence-corrected chi connectivity index (χ4v) is 3.46. The summed E-state index contributed by atoms with van der Waals surface area (Å²) in [5, 5.41) is 2.98. The number of amides is 1. The van der Waals surface area contributed by atoms with Gasteiger partial charge in [0, 0.05) is 17.7 Å². The summed E-state index contributed by atoms with van der Waals surface area (Å²) in [5.74, 6) is 0.925. The number of para-hydroxylation sites is 2. The maximum absolute atomic E-state index is 13.0. The average Bonchev–Trinajstić information content (AvgIpc) is 2.72. The van der Waals surface area contributed by atoms with Gasteiger partial charge in [-0.15, -0.1) is 0 Å². The summed E-state index contributed by atoms with van der Waals surface area (Å²) in [6.45, 7) is -2.42. The van der Waals surface area contributed by atoms with Gasteiger partial charge in [-0.25, -0.2) is 0 Å². The predicted octanol–water partition coefficient (Wildman–Crippen LogP) is 4.88. The van der Waals surface area contributed by atoms with Crippen molar-refractivity contribution in [1.82, 2.24) is 5.32 Å². The van der Waals surface area contributed by atoms with Crippen molar-refractivity contribution in [3.63, 3.8) is 0 Å². The fraction of sp³-hybridized carbons (Fsp3) is 0.174. The van der Waals surface area contributed by atoms with Crippen molar-refractivity contribution in [2.24, 2.45) is 0 Å². The Labute approximate surface area is 167 Å². The smallest absolute Gasteiger partial charge is 0.387 e. The van der Waals surface area contributed by atoms with Gasteiger partial charge < -0.3 is 14.8 Å². The van der Waals surface area contributed by atoms with E-state index in [9.17, 15) is 13.6 Å². The highest BCUT2D eigenvalue weighted by molar-refractivity contribution is 5.89. The third-order valence-electron chi connectivity index (χ3n) is 4.80. The number of carbonyl (C=O) groups excluding carboxylic acids is 1. The Morgan fingerprint density at radius 2 is 1.52 bits per heavy atom. The predicted molar refractivity (Wildman–Crippen MR) is 105 cm³/mol. The zero-order valence-electron chi connectivity index (χ0n) is 15.5. The van der Waals surface area contributed by atoms with E-state index in [0.717, 1.165) is 16.7 Å². The molecule has 0 unspecified atom stereocenters. The van der Waals surface area contributed by atoms with E-state index >= 15 is 0 Å². The van der Waals surface area contributed by atoms with Crippen LogP contribution in [-0.2, 0) is 11.2 Å². The van der Waals surface area contributed by atoms with Crippen LogP contribution in [0.3, 0.4) is 0 Å². The molecule has 1 aliphatic rings. The molecule has 0 aliphatic carbocycles. The second kappa shape index (κ2) is 8.31. The van der Waals surface area contributed by atoms with Crippen LogP contribution < -0.4 is 14.8 Å². The molecule has 1 aliphatic heterocycles. The summed E-state index contributed by atoms with van der Waals surface area (Å²) in [5.41, 5.74) is 2.58. The molecule has 3 aromatic carbocycles. The number of ether oxygens (including phenoxy) is 2. The molecule has 4 nitrogen and oxygen atoms in total. The maximum atomic E-state index is 13.0. The zero-order valence-corrected chi connectivity index (χ0v) is 15.5. The highest BCUT2D eigenvalue weighted by Crippen LogP contribution is 2.43. The zero-order chi connectivity index (χ0) is 20.2. The van der Waals surface area contributed by atoms with Gasteiger partial charge in [0.05, 0.1) is 5.92 Å². The highest BCUT2D eigenvalue weighted by atomic mass is 19.3. The summed E-state index contributed by atoms with van der Waals surface area (Å²) >= 11 is 0. The van der Waals surface area contributed by atoms with Crippen molar-refractivity contribution in [2.75, 3.05) is 6.54 Å². The van der Waals surface area contributed by atoms with Crippen molar-refractivity contribution >= 4 is 5.91 Å². The molecular formula is C23H19F2NO3. The quantitative estimate of drug-likeness (QED) is 0.647. The third kappa shape index (κ3) is 4.21.